The maximum absolute atomic E-state index is 12.9. The van der Waals surface area contributed by atoms with E-state index in [1.54, 1.807) is 35.1 Å². The van der Waals surface area contributed by atoms with Crippen molar-refractivity contribution in [2.75, 3.05) is 16.8 Å². The van der Waals surface area contributed by atoms with Crippen LogP contribution in [0.4, 0.5) is 11.5 Å². The van der Waals surface area contributed by atoms with Gasteiger partial charge < -0.3 is 20.0 Å². The first-order valence-electron chi connectivity index (χ1n) is 10.1. The summed E-state index contributed by atoms with van der Waals surface area (Å²) in [5.41, 5.74) is 0.675. The molecule has 1 atom stereocenters. The number of aromatic nitrogens is 5. The summed E-state index contributed by atoms with van der Waals surface area (Å²) in [5, 5.41) is 20.2. The Hall–Kier alpha value is -3.56. The van der Waals surface area contributed by atoms with Gasteiger partial charge in [-0.1, -0.05) is 6.92 Å². The zero-order valence-electron chi connectivity index (χ0n) is 16.8. The Balaban J connectivity index is 1.65. The Labute approximate surface area is 173 Å². The van der Waals surface area contributed by atoms with Gasteiger partial charge in [-0.25, -0.2) is 14.5 Å². The highest BCUT2D eigenvalue weighted by molar-refractivity contribution is 6.04. The molecule has 1 amide bonds. The molecule has 0 spiro atoms. The number of hydrogen-bond donors (Lipinski definition) is 2. The first-order chi connectivity index (χ1) is 14.5. The van der Waals surface area contributed by atoms with Crippen molar-refractivity contribution in [2.24, 2.45) is 0 Å². The Kier molecular flexibility index (Phi) is 4.16. The largest absolute Gasteiger partial charge is 0.494 e. The lowest BCUT2D eigenvalue weighted by molar-refractivity contribution is -0.120. The van der Waals surface area contributed by atoms with E-state index in [0.29, 0.717) is 18.1 Å². The van der Waals surface area contributed by atoms with Crippen LogP contribution >= 0.6 is 0 Å². The van der Waals surface area contributed by atoms with Crippen molar-refractivity contribution in [1.82, 2.24) is 24.1 Å². The first-order valence-corrected chi connectivity index (χ1v) is 10.1. The van der Waals surface area contributed by atoms with E-state index in [2.05, 4.69) is 14.9 Å². The minimum absolute atomic E-state index is 0.0544. The van der Waals surface area contributed by atoms with Gasteiger partial charge in [0.2, 0.25) is 29.6 Å². The number of carbonyl (C=O) groups excluding carboxylic acids is 1. The smallest absolute Gasteiger partial charge is 0.249 e. The Morgan fingerprint density at radius 2 is 1.90 bits per heavy atom. The van der Waals surface area contributed by atoms with Crippen LogP contribution in [-0.4, -0.2) is 59.3 Å². The molecule has 0 radical (unpaired) electrons. The number of aromatic hydroxyl groups is 2. The molecule has 10 nitrogen and oxygen atoms in total. The van der Waals surface area contributed by atoms with Gasteiger partial charge in [0.1, 0.15) is 11.7 Å². The molecule has 2 N–H and O–H groups in total. The van der Waals surface area contributed by atoms with E-state index in [1.807, 2.05) is 6.92 Å². The maximum Gasteiger partial charge on any atom is 0.249 e. The quantitative estimate of drug-likeness (QED) is 0.677. The van der Waals surface area contributed by atoms with Crippen molar-refractivity contribution in [3.8, 4) is 23.7 Å². The van der Waals surface area contributed by atoms with Crippen LogP contribution in [0.2, 0.25) is 0 Å². The normalized spacial score (nSPS) is 19.1. The van der Waals surface area contributed by atoms with Crippen molar-refractivity contribution in [2.45, 2.75) is 44.7 Å². The number of hydrogen-bond acceptors (Lipinski definition) is 7. The highest BCUT2D eigenvalue weighted by Gasteiger charge is 2.42. The molecule has 1 aliphatic heterocycles. The third-order valence-electron chi connectivity index (χ3n) is 6.03. The second-order valence-corrected chi connectivity index (χ2v) is 7.67. The van der Waals surface area contributed by atoms with Gasteiger partial charge in [0.05, 0.1) is 6.20 Å². The van der Waals surface area contributed by atoms with Crippen molar-refractivity contribution in [3.05, 3.63) is 30.7 Å². The SMILES string of the molecule is CCC1C(=O)N(C)c2cnc(-n3ccnc3-n3c(O)ccc3O)nc2N1C1CCC1. The molecule has 156 valence electrons. The molecule has 10 heteroatoms. The van der Waals surface area contributed by atoms with E-state index in [0.717, 1.165) is 25.1 Å². The van der Waals surface area contributed by atoms with Crippen LogP contribution in [0.15, 0.2) is 30.7 Å². The number of likely N-dealkylation sites (N-methyl/N-ethyl adjacent to an activating group) is 1. The molecular formula is C20H23N7O3. The fourth-order valence-electron chi connectivity index (χ4n) is 4.21. The van der Waals surface area contributed by atoms with E-state index >= 15 is 0 Å². The molecule has 0 bridgehead atoms. The molecule has 5 rings (SSSR count). The molecular weight excluding hydrogens is 386 g/mol. The van der Waals surface area contributed by atoms with Crippen molar-refractivity contribution < 1.29 is 15.0 Å². The molecule has 1 unspecified atom stereocenters. The Morgan fingerprint density at radius 1 is 1.17 bits per heavy atom. The molecule has 2 aliphatic rings. The van der Waals surface area contributed by atoms with E-state index < -0.39 is 0 Å². The summed E-state index contributed by atoms with van der Waals surface area (Å²) in [7, 11) is 1.75. The number of imidazole rings is 1. The third-order valence-corrected chi connectivity index (χ3v) is 6.03. The summed E-state index contributed by atoms with van der Waals surface area (Å²) in [4.78, 5) is 30.2. The lowest BCUT2D eigenvalue weighted by atomic mass is 9.88. The zero-order chi connectivity index (χ0) is 21.0. The Bertz CT molecular complexity index is 1100. The second-order valence-electron chi connectivity index (χ2n) is 7.67. The lowest BCUT2D eigenvalue weighted by Gasteiger charge is -2.47. The molecule has 1 aliphatic carbocycles. The van der Waals surface area contributed by atoms with Crippen LogP contribution in [-0.2, 0) is 4.79 Å². The molecule has 1 saturated carbocycles. The van der Waals surface area contributed by atoms with Gasteiger partial charge >= 0.3 is 0 Å². The standard InChI is InChI=1S/C20H23N7O3/c1-3-13-18(30)24(2)14-11-22-19(23-17(14)26(13)12-5-4-6-12)25-10-9-21-20(25)27-15(28)7-8-16(27)29/h7-13,28-29H,3-6H2,1-2H3. The highest BCUT2D eigenvalue weighted by atomic mass is 16.3. The maximum atomic E-state index is 12.9. The number of anilines is 2. The molecule has 0 saturated heterocycles. The van der Waals surface area contributed by atoms with Crippen molar-refractivity contribution >= 4 is 17.4 Å². The number of fused-ring (bicyclic) bond motifs is 1. The third kappa shape index (κ3) is 2.56. The van der Waals surface area contributed by atoms with Crippen LogP contribution in [0, 0.1) is 0 Å². The van der Waals surface area contributed by atoms with E-state index in [9.17, 15) is 15.0 Å². The van der Waals surface area contributed by atoms with E-state index in [4.69, 9.17) is 4.98 Å². The van der Waals surface area contributed by atoms with Crippen LogP contribution < -0.4 is 9.80 Å². The average Bonchev–Trinajstić information content (AvgIpc) is 3.30. The number of carbonyl (C=O) groups is 1. The molecule has 1 fully saturated rings. The van der Waals surface area contributed by atoms with Crippen LogP contribution in [0.5, 0.6) is 11.8 Å². The first kappa shape index (κ1) is 18.5. The predicted octanol–water partition coefficient (Wildman–Crippen LogP) is 1.98. The van der Waals surface area contributed by atoms with Gasteiger partial charge in [0.15, 0.2) is 5.82 Å². The van der Waals surface area contributed by atoms with Crippen molar-refractivity contribution in [1.29, 1.82) is 0 Å². The highest BCUT2D eigenvalue weighted by Crippen LogP contribution is 2.40. The molecule has 3 aromatic rings. The van der Waals surface area contributed by atoms with E-state index in [-0.39, 0.29) is 35.7 Å². The van der Waals surface area contributed by atoms with Gasteiger partial charge in [-0.3, -0.25) is 9.36 Å². The van der Waals surface area contributed by atoms with Crippen LogP contribution in [0.1, 0.15) is 32.6 Å². The van der Waals surface area contributed by atoms with Crippen molar-refractivity contribution in [3.63, 3.8) is 0 Å². The topological polar surface area (TPSA) is 113 Å². The summed E-state index contributed by atoms with van der Waals surface area (Å²) in [5.74, 6) is 1.09. The fourth-order valence-corrected chi connectivity index (χ4v) is 4.21. The summed E-state index contributed by atoms with van der Waals surface area (Å²) in [6.45, 7) is 2.01. The minimum Gasteiger partial charge on any atom is -0.494 e. The average molecular weight is 409 g/mol. The van der Waals surface area contributed by atoms with Crippen LogP contribution in [0.25, 0.3) is 11.9 Å². The van der Waals surface area contributed by atoms with Gasteiger partial charge in [0.25, 0.3) is 0 Å². The van der Waals surface area contributed by atoms with E-state index in [1.165, 1.54) is 16.7 Å². The number of nitrogens with zero attached hydrogens (tertiary/aromatic N) is 7. The fraction of sp³-hybridized carbons (Fsp3) is 0.400. The summed E-state index contributed by atoms with van der Waals surface area (Å²) >= 11 is 0. The van der Waals surface area contributed by atoms with Gasteiger partial charge in [0, 0.05) is 37.6 Å². The summed E-state index contributed by atoms with van der Waals surface area (Å²) in [6, 6.07) is 2.80. The summed E-state index contributed by atoms with van der Waals surface area (Å²) in [6.07, 6.45) is 8.77. The molecule has 30 heavy (non-hydrogen) atoms. The Morgan fingerprint density at radius 3 is 2.53 bits per heavy atom. The lowest BCUT2D eigenvalue weighted by Crippen LogP contribution is -2.57. The van der Waals surface area contributed by atoms with Gasteiger partial charge in [-0.15, -0.1) is 0 Å². The summed E-state index contributed by atoms with van der Waals surface area (Å²) < 4.78 is 2.80. The number of rotatable bonds is 4. The zero-order valence-corrected chi connectivity index (χ0v) is 16.8. The monoisotopic (exact) mass is 409 g/mol. The predicted molar refractivity (Wildman–Crippen MR) is 109 cm³/mol. The molecule has 0 aromatic carbocycles. The van der Waals surface area contributed by atoms with Gasteiger partial charge in [-0.2, -0.15) is 4.98 Å². The second kappa shape index (κ2) is 6.75. The molecule has 4 heterocycles. The van der Waals surface area contributed by atoms with Gasteiger partial charge in [-0.05, 0) is 25.7 Å². The van der Waals surface area contributed by atoms with Crippen LogP contribution in [0.3, 0.4) is 0 Å². The number of amides is 1. The minimum atomic E-state index is -0.254. The molecule has 3 aromatic heterocycles.